The molecule has 0 spiro atoms. The minimum atomic E-state index is -0.0197. The first-order valence-electron chi connectivity index (χ1n) is 12.1. The molecule has 0 aliphatic carbocycles. The van der Waals surface area contributed by atoms with E-state index in [1.807, 2.05) is 67.3 Å². The number of ether oxygens (including phenoxy) is 2. The second-order valence-electron chi connectivity index (χ2n) is 9.22. The number of piperazine rings is 1. The van der Waals surface area contributed by atoms with Crippen LogP contribution in [0.3, 0.4) is 0 Å². The van der Waals surface area contributed by atoms with Crippen LogP contribution in [0.1, 0.15) is 24.2 Å². The van der Waals surface area contributed by atoms with Crippen molar-refractivity contribution in [3.63, 3.8) is 0 Å². The Morgan fingerprint density at radius 3 is 2.49 bits per heavy atom. The molecule has 3 aromatic rings. The van der Waals surface area contributed by atoms with Gasteiger partial charge in [0, 0.05) is 43.2 Å². The van der Waals surface area contributed by atoms with Crippen molar-refractivity contribution in [3.05, 3.63) is 54.1 Å². The zero-order valence-corrected chi connectivity index (χ0v) is 20.1. The zero-order chi connectivity index (χ0) is 24.4. The molecule has 5 rings (SSSR count). The van der Waals surface area contributed by atoms with Gasteiger partial charge < -0.3 is 19.7 Å². The van der Waals surface area contributed by atoms with Gasteiger partial charge in [-0.05, 0) is 44.2 Å². The number of benzene rings is 2. The van der Waals surface area contributed by atoms with Crippen LogP contribution in [0.2, 0.25) is 0 Å². The summed E-state index contributed by atoms with van der Waals surface area (Å²) in [6.07, 6.45) is 0. The fourth-order valence-corrected chi connectivity index (χ4v) is 4.55. The molecule has 0 radical (unpaired) electrons. The average molecular weight is 475 g/mol. The molecule has 3 heterocycles. The first kappa shape index (κ1) is 23.1. The van der Waals surface area contributed by atoms with E-state index in [1.54, 1.807) is 0 Å². The molecule has 8 nitrogen and oxygen atoms in total. The van der Waals surface area contributed by atoms with E-state index in [9.17, 15) is 9.59 Å². The lowest BCUT2D eigenvalue weighted by Gasteiger charge is -2.34. The SMILES string of the molecule is CC(C)NC(=O)CN1CCN(C(=O)c2cc(-c3ccc4c(c3)OCCO4)nc3ccccc23)CC1. The normalized spacial score (nSPS) is 15.9. The number of pyridine rings is 1. The standard InChI is InChI=1S/C27H30N4O4/c1-18(2)28-26(32)17-30-9-11-31(12-10-30)27(33)21-16-23(29-22-6-4-3-5-20(21)22)19-7-8-24-25(15-19)35-14-13-34-24/h3-8,15-16,18H,9-14,17H2,1-2H3,(H,28,32). The van der Waals surface area contributed by atoms with Crippen LogP contribution in [0.5, 0.6) is 11.5 Å². The van der Waals surface area contributed by atoms with Gasteiger partial charge in [-0.2, -0.15) is 0 Å². The number of nitrogens with zero attached hydrogens (tertiary/aromatic N) is 3. The highest BCUT2D eigenvalue weighted by Gasteiger charge is 2.25. The second-order valence-corrected chi connectivity index (χ2v) is 9.22. The van der Waals surface area contributed by atoms with E-state index in [0.717, 1.165) is 22.2 Å². The van der Waals surface area contributed by atoms with Gasteiger partial charge in [0.2, 0.25) is 5.91 Å². The summed E-state index contributed by atoms with van der Waals surface area (Å²) in [6, 6.07) is 15.5. The van der Waals surface area contributed by atoms with Crippen molar-refractivity contribution in [2.45, 2.75) is 19.9 Å². The molecule has 1 fully saturated rings. The predicted octanol–water partition coefficient (Wildman–Crippen LogP) is 2.96. The third-order valence-electron chi connectivity index (χ3n) is 6.26. The highest BCUT2D eigenvalue weighted by atomic mass is 16.6. The number of aromatic nitrogens is 1. The molecule has 1 N–H and O–H groups in total. The minimum Gasteiger partial charge on any atom is -0.486 e. The first-order chi connectivity index (χ1) is 17.0. The monoisotopic (exact) mass is 474 g/mol. The Hall–Kier alpha value is -3.65. The van der Waals surface area contributed by atoms with Gasteiger partial charge in [0.1, 0.15) is 13.2 Å². The number of rotatable bonds is 5. The van der Waals surface area contributed by atoms with Gasteiger partial charge in [0.25, 0.3) is 5.91 Å². The maximum Gasteiger partial charge on any atom is 0.254 e. The Labute approximate surface area is 204 Å². The van der Waals surface area contributed by atoms with Crippen LogP contribution in [0.25, 0.3) is 22.2 Å². The van der Waals surface area contributed by atoms with Crippen LogP contribution in [0.4, 0.5) is 0 Å². The Morgan fingerprint density at radius 2 is 1.71 bits per heavy atom. The summed E-state index contributed by atoms with van der Waals surface area (Å²) in [5.74, 6) is 1.41. The summed E-state index contributed by atoms with van der Waals surface area (Å²) in [5.41, 5.74) is 2.99. The number of carbonyl (C=O) groups is 2. The van der Waals surface area contributed by atoms with Crippen molar-refractivity contribution in [2.75, 3.05) is 45.9 Å². The smallest absolute Gasteiger partial charge is 0.254 e. The summed E-state index contributed by atoms with van der Waals surface area (Å²) in [7, 11) is 0. The molecule has 35 heavy (non-hydrogen) atoms. The summed E-state index contributed by atoms with van der Waals surface area (Å²) in [5, 5.41) is 3.76. The van der Waals surface area contributed by atoms with E-state index < -0.39 is 0 Å². The van der Waals surface area contributed by atoms with Crippen molar-refractivity contribution in [2.24, 2.45) is 0 Å². The Bertz CT molecular complexity index is 1250. The van der Waals surface area contributed by atoms with E-state index in [0.29, 0.717) is 62.9 Å². The van der Waals surface area contributed by atoms with E-state index in [2.05, 4.69) is 10.2 Å². The van der Waals surface area contributed by atoms with Gasteiger partial charge in [0.05, 0.1) is 23.3 Å². The average Bonchev–Trinajstić information content (AvgIpc) is 2.87. The third kappa shape index (κ3) is 5.07. The van der Waals surface area contributed by atoms with Crippen molar-refractivity contribution in [1.29, 1.82) is 0 Å². The lowest BCUT2D eigenvalue weighted by atomic mass is 10.0. The zero-order valence-electron chi connectivity index (χ0n) is 20.1. The largest absolute Gasteiger partial charge is 0.486 e. The number of amides is 2. The number of fused-ring (bicyclic) bond motifs is 2. The summed E-state index contributed by atoms with van der Waals surface area (Å²) >= 11 is 0. The van der Waals surface area contributed by atoms with Crippen LogP contribution in [-0.2, 0) is 4.79 Å². The summed E-state index contributed by atoms with van der Waals surface area (Å²) < 4.78 is 11.4. The van der Waals surface area contributed by atoms with Gasteiger partial charge in [-0.1, -0.05) is 18.2 Å². The van der Waals surface area contributed by atoms with Gasteiger partial charge in [-0.3, -0.25) is 14.5 Å². The maximum atomic E-state index is 13.7. The number of hydrogen-bond acceptors (Lipinski definition) is 6. The topological polar surface area (TPSA) is 84.0 Å². The third-order valence-corrected chi connectivity index (χ3v) is 6.26. The Kier molecular flexibility index (Phi) is 6.55. The van der Waals surface area contributed by atoms with E-state index in [1.165, 1.54) is 0 Å². The van der Waals surface area contributed by atoms with Crippen molar-refractivity contribution in [1.82, 2.24) is 20.1 Å². The molecule has 0 atom stereocenters. The van der Waals surface area contributed by atoms with Gasteiger partial charge in [-0.25, -0.2) is 4.98 Å². The highest BCUT2D eigenvalue weighted by molar-refractivity contribution is 6.07. The molecule has 2 aromatic carbocycles. The van der Waals surface area contributed by atoms with E-state index in [4.69, 9.17) is 14.5 Å². The van der Waals surface area contributed by atoms with Gasteiger partial charge >= 0.3 is 0 Å². The van der Waals surface area contributed by atoms with E-state index in [-0.39, 0.29) is 17.9 Å². The lowest BCUT2D eigenvalue weighted by molar-refractivity contribution is -0.123. The second kappa shape index (κ2) is 9.92. The molecule has 2 amide bonds. The molecule has 0 bridgehead atoms. The predicted molar refractivity (Wildman–Crippen MR) is 134 cm³/mol. The number of carbonyl (C=O) groups excluding carboxylic acids is 2. The lowest BCUT2D eigenvalue weighted by Crippen LogP contribution is -2.51. The quantitative estimate of drug-likeness (QED) is 0.612. The molecule has 1 saturated heterocycles. The minimum absolute atomic E-state index is 0.0176. The van der Waals surface area contributed by atoms with Crippen LogP contribution < -0.4 is 14.8 Å². The maximum absolute atomic E-state index is 13.7. The van der Waals surface area contributed by atoms with Crippen LogP contribution in [0.15, 0.2) is 48.5 Å². The van der Waals surface area contributed by atoms with Crippen molar-refractivity contribution < 1.29 is 19.1 Å². The molecule has 0 unspecified atom stereocenters. The molecule has 182 valence electrons. The Balaban J connectivity index is 1.38. The number of hydrogen-bond donors (Lipinski definition) is 1. The van der Waals surface area contributed by atoms with Gasteiger partial charge in [-0.15, -0.1) is 0 Å². The van der Waals surface area contributed by atoms with Crippen LogP contribution in [0, 0.1) is 0 Å². The molecular weight excluding hydrogens is 444 g/mol. The van der Waals surface area contributed by atoms with Gasteiger partial charge in [0.15, 0.2) is 11.5 Å². The molecule has 0 saturated carbocycles. The van der Waals surface area contributed by atoms with Crippen molar-refractivity contribution in [3.8, 4) is 22.8 Å². The summed E-state index contributed by atoms with van der Waals surface area (Å²) in [6.45, 7) is 7.77. The van der Waals surface area contributed by atoms with Crippen molar-refractivity contribution >= 4 is 22.7 Å². The van der Waals surface area contributed by atoms with Crippen LogP contribution in [-0.4, -0.2) is 78.6 Å². The fourth-order valence-electron chi connectivity index (χ4n) is 4.55. The molecule has 2 aliphatic heterocycles. The molecule has 8 heteroatoms. The highest BCUT2D eigenvalue weighted by Crippen LogP contribution is 2.35. The van der Waals surface area contributed by atoms with Crippen LogP contribution >= 0.6 is 0 Å². The Morgan fingerprint density at radius 1 is 0.971 bits per heavy atom. The first-order valence-corrected chi connectivity index (χ1v) is 12.1. The molecule has 2 aliphatic rings. The molecule has 1 aromatic heterocycles. The summed E-state index contributed by atoms with van der Waals surface area (Å²) in [4.78, 5) is 34.6. The van der Waals surface area contributed by atoms with E-state index >= 15 is 0 Å². The molecular formula is C27H30N4O4. The fraction of sp³-hybridized carbons (Fsp3) is 0.370. The number of nitrogens with one attached hydrogen (secondary N) is 1. The number of para-hydroxylation sites is 1.